The highest BCUT2D eigenvalue weighted by Gasteiger charge is 2.26. The van der Waals surface area contributed by atoms with E-state index in [0.717, 1.165) is 83.5 Å². The lowest BCUT2D eigenvalue weighted by molar-refractivity contribution is -0.161. The molecule has 0 heterocycles. The standard InChI is InChI=1S/C61H106NO8P/c1-3-5-7-9-11-13-15-17-19-21-23-25-27-28-29-30-32-34-36-38-40-42-44-46-48-50-52-54-61(64)70-59(58-69-71(65,66)68-56-55-62)57-67-60(63)53-51-49-47-45-43-41-39-37-35-33-31-26-24-22-20-18-16-14-12-10-8-6-4-2/h5,7,11,13,17,19,23,25,28-29,32,34,38,40,44,46,59H,3-4,6,8-10,12,14-16,18,20-22,24,26-27,30-31,33,35-37,39,41-43,45,47-58,62H2,1-2H3,(H,65,66)/b7-5-,13-11-,19-17-,25-23-,29-28-,34-32-,40-38-,46-44-. The average molecular weight is 1010 g/mol. The van der Waals surface area contributed by atoms with Crippen LogP contribution < -0.4 is 5.73 Å². The number of rotatable bonds is 53. The van der Waals surface area contributed by atoms with Crippen molar-refractivity contribution in [3.05, 3.63) is 97.2 Å². The maximum Gasteiger partial charge on any atom is 0.472 e. The molecule has 0 amide bonds. The molecule has 0 saturated heterocycles. The van der Waals surface area contributed by atoms with Crippen molar-refractivity contribution >= 4 is 19.8 Å². The molecule has 2 unspecified atom stereocenters. The van der Waals surface area contributed by atoms with Gasteiger partial charge in [0.2, 0.25) is 0 Å². The molecule has 0 rings (SSSR count). The van der Waals surface area contributed by atoms with Crippen molar-refractivity contribution < 1.29 is 37.6 Å². The molecular formula is C61H106NO8P. The molecule has 10 heteroatoms. The Morgan fingerprint density at radius 1 is 0.437 bits per heavy atom. The molecule has 0 aliphatic carbocycles. The zero-order chi connectivity index (χ0) is 51.7. The van der Waals surface area contributed by atoms with E-state index in [1.807, 2.05) is 0 Å². The number of nitrogens with two attached hydrogens (primary N) is 1. The minimum absolute atomic E-state index is 0.0421. The van der Waals surface area contributed by atoms with Crippen LogP contribution in [0.2, 0.25) is 0 Å². The van der Waals surface area contributed by atoms with Gasteiger partial charge in [0.05, 0.1) is 13.2 Å². The summed E-state index contributed by atoms with van der Waals surface area (Å²) in [6, 6.07) is 0. The van der Waals surface area contributed by atoms with E-state index in [0.29, 0.717) is 6.42 Å². The van der Waals surface area contributed by atoms with Crippen LogP contribution in [0.3, 0.4) is 0 Å². The molecule has 71 heavy (non-hydrogen) atoms. The van der Waals surface area contributed by atoms with Crippen LogP contribution in [0, 0.1) is 0 Å². The topological polar surface area (TPSA) is 134 Å². The third-order valence-electron chi connectivity index (χ3n) is 12.0. The Hall–Kier alpha value is -3.07. The van der Waals surface area contributed by atoms with Gasteiger partial charge in [0.15, 0.2) is 6.10 Å². The zero-order valence-corrected chi connectivity index (χ0v) is 46.3. The molecule has 0 spiro atoms. The van der Waals surface area contributed by atoms with Crippen LogP contribution in [0.25, 0.3) is 0 Å². The van der Waals surface area contributed by atoms with Gasteiger partial charge in [-0.2, -0.15) is 0 Å². The molecule has 0 radical (unpaired) electrons. The number of hydrogen-bond donors (Lipinski definition) is 2. The second-order valence-electron chi connectivity index (χ2n) is 18.8. The SMILES string of the molecule is CC/C=C\C/C=C\C/C=C\C/C=C\C/C=C\C/C=C\C/C=C\C/C=C\CCCCC(=O)OC(COC(=O)CCCCCCCCCCCCCCCCCCCCCCCCC)COP(=O)(O)OCCN. The number of hydrogen-bond acceptors (Lipinski definition) is 8. The molecule has 0 aliphatic rings. The summed E-state index contributed by atoms with van der Waals surface area (Å²) in [5.41, 5.74) is 5.38. The number of esters is 2. The molecule has 0 saturated carbocycles. The highest BCUT2D eigenvalue weighted by atomic mass is 31.2. The number of unbranched alkanes of at least 4 members (excludes halogenated alkanes) is 24. The van der Waals surface area contributed by atoms with Gasteiger partial charge in [0.1, 0.15) is 6.61 Å². The second-order valence-corrected chi connectivity index (χ2v) is 20.2. The van der Waals surface area contributed by atoms with Crippen LogP contribution in [0.1, 0.15) is 245 Å². The molecule has 0 bridgehead atoms. The Kier molecular flexibility index (Phi) is 53.8. The Balaban J connectivity index is 4.09. The van der Waals surface area contributed by atoms with Crippen molar-refractivity contribution in [2.24, 2.45) is 5.73 Å². The fourth-order valence-corrected chi connectivity index (χ4v) is 8.54. The van der Waals surface area contributed by atoms with Crippen molar-refractivity contribution in [1.29, 1.82) is 0 Å². The van der Waals surface area contributed by atoms with Crippen molar-refractivity contribution in [3.63, 3.8) is 0 Å². The van der Waals surface area contributed by atoms with E-state index in [-0.39, 0.29) is 32.6 Å². The molecule has 0 aromatic carbocycles. The molecule has 9 nitrogen and oxygen atoms in total. The Bertz CT molecular complexity index is 1480. The van der Waals surface area contributed by atoms with Crippen LogP contribution >= 0.6 is 7.82 Å². The van der Waals surface area contributed by atoms with Crippen molar-refractivity contribution in [2.45, 2.75) is 251 Å². The van der Waals surface area contributed by atoms with Crippen molar-refractivity contribution in [2.75, 3.05) is 26.4 Å². The monoisotopic (exact) mass is 1010 g/mol. The first-order valence-electron chi connectivity index (χ1n) is 28.7. The zero-order valence-electron chi connectivity index (χ0n) is 45.4. The lowest BCUT2D eigenvalue weighted by atomic mass is 10.0. The Morgan fingerprint density at radius 2 is 0.775 bits per heavy atom. The van der Waals surface area contributed by atoms with Gasteiger partial charge in [-0.25, -0.2) is 4.57 Å². The van der Waals surface area contributed by atoms with Gasteiger partial charge in [-0.05, 0) is 77.0 Å². The predicted octanol–water partition coefficient (Wildman–Crippen LogP) is 18.1. The lowest BCUT2D eigenvalue weighted by Crippen LogP contribution is -2.29. The molecule has 0 aromatic heterocycles. The summed E-state index contributed by atoms with van der Waals surface area (Å²) >= 11 is 0. The van der Waals surface area contributed by atoms with Crippen molar-refractivity contribution in [3.8, 4) is 0 Å². The van der Waals surface area contributed by atoms with Gasteiger partial charge in [-0.1, -0.05) is 252 Å². The number of carbonyl (C=O) groups is 2. The molecule has 3 N–H and O–H groups in total. The summed E-state index contributed by atoms with van der Waals surface area (Å²) in [5, 5.41) is 0. The quantitative estimate of drug-likeness (QED) is 0.0264. The number of carbonyl (C=O) groups excluding carboxylic acids is 2. The second kappa shape index (κ2) is 56.2. The van der Waals surface area contributed by atoms with Gasteiger partial charge in [0.25, 0.3) is 0 Å². The average Bonchev–Trinajstić information content (AvgIpc) is 3.36. The highest BCUT2D eigenvalue weighted by Crippen LogP contribution is 2.43. The van der Waals surface area contributed by atoms with Gasteiger partial charge in [-0.3, -0.25) is 18.6 Å². The van der Waals surface area contributed by atoms with Crippen LogP contribution in [-0.2, 0) is 32.7 Å². The van der Waals surface area contributed by atoms with Gasteiger partial charge in [-0.15, -0.1) is 0 Å². The van der Waals surface area contributed by atoms with E-state index < -0.39 is 32.5 Å². The molecule has 408 valence electrons. The fraction of sp³-hybridized carbons (Fsp3) is 0.705. The molecule has 0 aromatic rings. The largest absolute Gasteiger partial charge is 0.472 e. The van der Waals surface area contributed by atoms with E-state index in [1.165, 1.54) is 128 Å². The third-order valence-corrected chi connectivity index (χ3v) is 13.0. The third kappa shape index (κ3) is 56.1. The number of allylic oxidation sites excluding steroid dienone is 16. The highest BCUT2D eigenvalue weighted by molar-refractivity contribution is 7.47. The first kappa shape index (κ1) is 67.9. The maximum atomic E-state index is 12.7. The molecular weight excluding hydrogens is 906 g/mol. The summed E-state index contributed by atoms with van der Waals surface area (Å²) in [4.78, 5) is 35.2. The predicted molar refractivity (Wildman–Crippen MR) is 302 cm³/mol. The Labute approximate surface area is 436 Å². The minimum Gasteiger partial charge on any atom is -0.462 e. The molecule has 0 fully saturated rings. The first-order valence-corrected chi connectivity index (χ1v) is 30.2. The molecule has 2 atom stereocenters. The van der Waals surface area contributed by atoms with Crippen LogP contribution in [0.5, 0.6) is 0 Å². The summed E-state index contributed by atoms with van der Waals surface area (Å²) < 4.78 is 33.0. The maximum absolute atomic E-state index is 12.7. The normalized spacial score (nSPS) is 13.8. The fourth-order valence-electron chi connectivity index (χ4n) is 7.77. The van der Waals surface area contributed by atoms with Crippen molar-refractivity contribution in [1.82, 2.24) is 0 Å². The van der Waals surface area contributed by atoms with Crippen LogP contribution in [-0.4, -0.2) is 49.3 Å². The van der Waals surface area contributed by atoms with E-state index in [1.54, 1.807) is 0 Å². The molecule has 0 aliphatic heterocycles. The summed E-state index contributed by atoms with van der Waals surface area (Å²) in [5.74, 6) is -0.877. The number of phosphoric ester groups is 1. The number of ether oxygens (including phenoxy) is 2. The Morgan fingerprint density at radius 3 is 1.15 bits per heavy atom. The number of phosphoric acid groups is 1. The lowest BCUT2D eigenvalue weighted by Gasteiger charge is -2.19. The smallest absolute Gasteiger partial charge is 0.462 e. The first-order chi connectivity index (χ1) is 34.8. The summed E-state index contributed by atoms with van der Waals surface area (Å²) in [6.45, 7) is 3.60. The van der Waals surface area contributed by atoms with E-state index in [2.05, 4.69) is 111 Å². The van der Waals surface area contributed by atoms with Crippen LogP contribution in [0.4, 0.5) is 0 Å². The van der Waals surface area contributed by atoms with Gasteiger partial charge in [0, 0.05) is 19.4 Å². The van der Waals surface area contributed by atoms with E-state index >= 15 is 0 Å². The van der Waals surface area contributed by atoms with E-state index in [4.69, 9.17) is 24.3 Å². The van der Waals surface area contributed by atoms with Crippen LogP contribution in [0.15, 0.2) is 97.2 Å². The summed E-state index contributed by atoms with van der Waals surface area (Å²) in [7, 11) is -4.40. The van der Waals surface area contributed by atoms with Gasteiger partial charge >= 0.3 is 19.8 Å². The minimum atomic E-state index is -4.40. The summed E-state index contributed by atoms with van der Waals surface area (Å²) in [6.07, 6.45) is 74.6. The van der Waals surface area contributed by atoms with Gasteiger partial charge < -0.3 is 20.1 Å². The van der Waals surface area contributed by atoms with E-state index in [9.17, 15) is 19.0 Å².